The Balaban J connectivity index is 1.66. The number of rotatable bonds is 10. The third-order valence-electron chi connectivity index (χ3n) is 6.12. The largest absolute Gasteiger partial charge is 0.481 e. The predicted octanol–water partition coefficient (Wildman–Crippen LogP) is 3.05. The Labute approximate surface area is 215 Å². The Morgan fingerprint density at radius 3 is 2.64 bits per heavy atom. The molecule has 0 amide bonds. The van der Waals surface area contributed by atoms with Crippen LogP contribution in [0.2, 0.25) is 5.02 Å². The fourth-order valence-electron chi connectivity index (χ4n) is 4.11. The molecule has 0 radical (unpaired) electrons. The van der Waals surface area contributed by atoms with Gasteiger partial charge in [-0.05, 0) is 32.3 Å². The fraction of sp³-hybridized carbons (Fsp3) is 0.522. The van der Waals surface area contributed by atoms with Gasteiger partial charge in [-0.3, -0.25) is 0 Å². The molecule has 3 aromatic rings. The molecule has 0 saturated carbocycles. The lowest BCUT2D eigenvalue weighted by atomic mass is 10.1. The van der Waals surface area contributed by atoms with Crippen LogP contribution < -0.4 is 4.74 Å². The summed E-state index contributed by atoms with van der Waals surface area (Å²) in [7, 11) is -0.824. The number of methoxy groups -OCH3 is 2. The van der Waals surface area contributed by atoms with E-state index in [2.05, 4.69) is 25.1 Å². The van der Waals surface area contributed by atoms with Crippen LogP contribution in [0.5, 0.6) is 5.88 Å². The normalized spacial score (nSPS) is 18.1. The van der Waals surface area contributed by atoms with Crippen molar-refractivity contribution >= 4 is 21.4 Å². The number of halogens is 1. The molecule has 13 heteroatoms. The van der Waals surface area contributed by atoms with E-state index in [1.165, 1.54) is 26.6 Å². The molecule has 0 unspecified atom stereocenters. The highest BCUT2D eigenvalue weighted by Gasteiger charge is 2.35. The number of ether oxygens (including phenoxy) is 3. The Hall–Kier alpha value is -2.67. The molecule has 4 heterocycles. The molecule has 0 N–H and O–H groups in total. The van der Waals surface area contributed by atoms with Crippen LogP contribution >= 0.6 is 11.6 Å². The lowest BCUT2D eigenvalue weighted by molar-refractivity contribution is 0.00582. The Morgan fingerprint density at radius 1 is 1.19 bits per heavy atom. The van der Waals surface area contributed by atoms with E-state index in [1.54, 1.807) is 29.7 Å². The molecule has 0 aliphatic carbocycles. The molecule has 1 aliphatic rings. The average molecular weight is 537 g/mol. The lowest BCUT2D eigenvalue weighted by Gasteiger charge is -2.25. The fourth-order valence-corrected chi connectivity index (χ4v) is 5.65. The van der Waals surface area contributed by atoms with E-state index in [-0.39, 0.29) is 17.7 Å². The molecule has 1 aliphatic heterocycles. The third kappa shape index (κ3) is 6.00. The Bertz CT molecular complexity index is 1260. The minimum atomic E-state index is -3.78. The van der Waals surface area contributed by atoms with Gasteiger partial charge in [-0.25, -0.2) is 23.4 Å². The van der Waals surface area contributed by atoms with Crippen molar-refractivity contribution in [1.82, 2.24) is 29.7 Å². The maximum absolute atomic E-state index is 13.5. The maximum Gasteiger partial charge on any atom is 0.213 e. The van der Waals surface area contributed by atoms with E-state index >= 15 is 0 Å². The van der Waals surface area contributed by atoms with Crippen LogP contribution in [0, 0.1) is 0 Å². The van der Waals surface area contributed by atoms with Crippen LogP contribution in [0.4, 0.5) is 0 Å². The zero-order valence-corrected chi connectivity index (χ0v) is 21.9. The molecule has 1 saturated heterocycles. The van der Waals surface area contributed by atoms with Crippen molar-refractivity contribution in [2.45, 2.75) is 55.9 Å². The molecular formula is C23H29ClN6O5S. The van der Waals surface area contributed by atoms with Gasteiger partial charge < -0.3 is 18.8 Å². The van der Waals surface area contributed by atoms with Gasteiger partial charge in [0.1, 0.15) is 23.4 Å². The number of hydrogen-bond donors (Lipinski definition) is 0. The van der Waals surface area contributed by atoms with Gasteiger partial charge in [0.15, 0.2) is 21.5 Å². The smallest absolute Gasteiger partial charge is 0.213 e. The number of pyridine rings is 1. The highest BCUT2D eigenvalue weighted by Crippen LogP contribution is 2.28. The van der Waals surface area contributed by atoms with Gasteiger partial charge in [0.25, 0.3) is 0 Å². The first-order valence-corrected chi connectivity index (χ1v) is 13.7. The SMILES string of the molecule is COc1cccc(-c2nnc(CS(=O)(=O)[C@@H](C)[C@H](OC)c3ncc(Cl)cn3)n2C[C@H]2CCCCO2)n1. The molecule has 0 bridgehead atoms. The molecule has 36 heavy (non-hydrogen) atoms. The zero-order chi connectivity index (χ0) is 25.7. The first-order valence-electron chi connectivity index (χ1n) is 11.6. The molecule has 3 aromatic heterocycles. The van der Waals surface area contributed by atoms with Crippen molar-refractivity contribution in [3.8, 4) is 17.4 Å². The quantitative estimate of drug-likeness (QED) is 0.381. The second-order valence-corrected chi connectivity index (χ2v) is 11.3. The number of sulfone groups is 1. The lowest BCUT2D eigenvalue weighted by Crippen LogP contribution is -2.31. The first kappa shape index (κ1) is 26.4. The highest BCUT2D eigenvalue weighted by molar-refractivity contribution is 7.91. The summed E-state index contributed by atoms with van der Waals surface area (Å²) in [5.41, 5.74) is 0.527. The zero-order valence-electron chi connectivity index (χ0n) is 20.4. The Kier molecular flexibility index (Phi) is 8.50. The van der Waals surface area contributed by atoms with E-state index in [0.29, 0.717) is 41.4 Å². The van der Waals surface area contributed by atoms with E-state index in [0.717, 1.165) is 19.3 Å². The van der Waals surface area contributed by atoms with Gasteiger partial charge in [0.05, 0.1) is 30.0 Å². The molecule has 194 valence electrons. The van der Waals surface area contributed by atoms with Gasteiger partial charge in [0, 0.05) is 32.2 Å². The highest BCUT2D eigenvalue weighted by atomic mass is 35.5. The van der Waals surface area contributed by atoms with Crippen LogP contribution in [0.15, 0.2) is 30.6 Å². The van der Waals surface area contributed by atoms with Crippen molar-refractivity contribution in [3.63, 3.8) is 0 Å². The number of aromatic nitrogens is 6. The summed E-state index contributed by atoms with van der Waals surface area (Å²) < 4.78 is 45.5. The number of nitrogens with zero attached hydrogens (tertiary/aromatic N) is 6. The minimum absolute atomic E-state index is 0.0767. The van der Waals surface area contributed by atoms with Crippen LogP contribution in [-0.2, 0) is 31.6 Å². The van der Waals surface area contributed by atoms with Gasteiger partial charge in [-0.1, -0.05) is 17.7 Å². The minimum Gasteiger partial charge on any atom is -0.481 e. The Morgan fingerprint density at radius 2 is 1.97 bits per heavy atom. The van der Waals surface area contributed by atoms with Crippen LogP contribution in [0.3, 0.4) is 0 Å². The predicted molar refractivity (Wildman–Crippen MR) is 132 cm³/mol. The van der Waals surface area contributed by atoms with Crippen LogP contribution in [0.25, 0.3) is 11.5 Å². The van der Waals surface area contributed by atoms with Gasteiger partial charge in [-0.2, -0.15) is 0 Å². The summed E-state index contributed by atoms with van der Waals surface area (Å²) in [4.78, 5) is 12.8. The monoisotopic (exact) mass is 536 g/mol. The molecule has 4 rings (SSSR count). The molecule has 11 nitrogen and oxygen atoms in total. The number of hydrogen-bond acceptors (Lipinski definition) is 10. The van der Waals surface area contributed by atoms with Gasteiger partial charge >= 0.3 is 0 Å². The summed E-state index contributed by atoms with van der Waals surface area (Å²) in [5.74, 6) is 1.04. The summed E-state index contributed by atoms with van der Waals surface area (Å²) in [6.07, 6.45) is 4.77. The third-order valence-corrected chi connectivity index (χ3v) is 8.36. The van der Waals surface area contributed by atoms with E-state index < -0.39 is 21.2 Å². The average Bonchev–Trinajstić information content (AvgIpc) is 3.27. The topological polar surface area (TPSA) is 131 Å². The van der Waals surface area contributed by atoms with E-state index in [4.69, 9.17) is 25.8 Å². The van der Waals surface area contributed by atoms with E-state index in [9.17, 15) is 8.42 Å². The van der Waals surface area contributed by atoms with Crippen molar-refractivity contribution in [2.24, 2.45) is 0 Å². The van der Waals surface area contributed by atoms with Crippen LogP contribution in [0.1, 0.15) is 43.9 Å². The van der Waals surface area contributed by atoms with Crippen molar-refractivity contribution < 1.29 is 22.6 Å². The molecular weight excluding hydrogens is 508 g/mol. The second-order valence-electron chi connectivity index (χ2n) is 8.53. The van der Waals surface area contributed by atoms with Crippen LogP contribution in [-0.4, -0.2) is 70.3 Å². The van der Waals surface area contributed by atoms with E-state index in [1.807, 2.05) is 0 Å². The van der Waals surface area contributed by atoms with Crippen molar-refractivity contribution in [1.29, 1.82) is 0 Å². The summed E-state index contributed by atoms with van der Waals surface area (Å²) in [5, 5.41) is 7.95. The molecule has 1 fully saturated rings. The molecule has 0 aromatic carbocycles. The van der Waals surface area contributed by atoms with Gasteiger partial charge in [0.2, 0.25) is 5.88 Å². The second kappa shape index (κ2) is 11.6. The first-order chi connectivity index (χ1) is 17.3. The van der Waals surface area contributed by atoms with Crippen molar-refractivity contribution in [2.75, 3.05) is 20.8 Å². The molecule has 3 atom stereocenters. The maximum atomic E-state index is 13.5. The molecule has 0 spiro atoms. The summed E-state index contributed by atoms with van der Waals surface area (Å²) in [6, 6.07) is 5.31. The van der Waals surface area contributed by atoms with Crippen molar-refractivity contribution in [3.05, 3.63) is 47.3 Å². The summed E-state index contributed by atoms with van der Waals surface area (Å²) >= 11 is 5.88. The van der Waals surface area contributed by atoms with Gasteiger partial charge in [-0.15, -0.1) is 10.2 Å². The standard InChI is InChI=1S/C23H29ClN6O5S/c1-15(21(34-3)22-25-11-16(24)12-26-22)36(31,32)14-19-28-29-23(18-8-6-9-20(27-18)33-2)30(19)13-17-7-4-5-10-35-17/h6,8-9,11-12,15,17,21H,4-5,7,10,13-14H2,1-3H3/t15-,17+,21-/m0/s1. The summed E-state index contributed by atoms with van der Waals surface area (Å²) in [6.45, 7) is 2.65.